The number of imide groups is 1. The molecule has 0 saturated carbocycles. The highest BCUT2D eigenvalue weighted by molar-refractivity contribution is 6.05. The average molecular weight is 552 g/mol. The van der Waals surface area contributed by atoms with Gasteiger partial charge in [-0.15, -0.1) is 0 Å². The van der Waals surface area contributed by atoms with Crippen LogP contribution in [0.1, 0.15) is 42.9 Å². The molecular formula is C34H41N5O2. The smallest absolute Gasteiger partial charge is 0.333 e. The summed E-state index contributed by atoms with van der Waals surface area (Å²) in [6.07, 6.45) is 4.28. The van der Waals surface area contributed by atoms with E-state index in [4.69, 9.17) is 0 Å². The monoisotopic (exact) mass is 551 g/mol. The van der Waals surface area contributed by atoms with Gasteiger partial charge in [0.1, 0.15) is 0 Å². The molecule has 2 fully saturated rings. The second-order valence-electron chi connectivity index (χ2n) is 11.8. The molecule has 0 N–H and O–H groups in total. The number of carbonyl (C=O) groups is 2. The maximum Gasteiger partial charge on any atom is 0.333 e. The molecule has 7 heteroatoms. The Balaban J connectivity index is 1.08. The quantitative estimate of drug-likeness (QED) is 0.386. The summed E-state index contributed by atoms with van der Waals surface area (Å²) in [7, 11) is 4.03. The van der Waals surface area contributed by atoms with Gasteiger partial charge >= 0.3 is 12.1 Å². The lowest BCUT2D eigenvalue weighted by Gasteiger charge is -2.44. The van der Waals surface area contributed by atoms with E-state index in [2.05, 4.69) is 47.2 Å². The van der Waals surface area contributed by atoms with Crippen LogP contribution in [-0.4, -0.2) is 79.6 Å². The van der Waals surface area contributed by atoms with Crippen molar-refractivity contribution in [2.24, 2.45) is 5.92 Å². The number of urea groups is 2. The molecule has 214 valence electrons. The second-order valence-corrected chi connectivity index (χ2v) is 11.8. The first-order chi connectivity index (χ1) is 20.0. The van der Waals surface area contributed by atoms with Crippen LogP contribution in [0, 0.1) is 5.92 Å². The molecule has 3 aliphatic heterocycles. The summed E-state index contributed by atoms with van der Waals surface area (Å²) in [6.45, 7) is 4.61. The van der Waals surface area contributed by atoms with Gasteiger partial charge in [0, 0.05) is 57.1 Å². The van der Waals surface area contributed by atoms with Crippen LogP contribution in [0.2, 0.25) is 0 Å². The van der Waals surface area contributed by atoms with Gasteiger partial charge in [0.25, 0.3) is 0 Å². The molecule has 1 unspecified atom stereocenters. The van der Waals surface area contributed by atoms with Crippen LogP contribution in [0.15, 0.2) is 84.9 Å². The molecule has 2 saturated heterocycles. The Morgan fingerprint density at radius 1 is 0.805 bits per heavy atom. The topological polar surface area (TPSA) is 50.3 Å². The first kappa shape index (κ1) is 27.3. The number of rotatable bonds is 5. The molecule has 0 spiro atoms. The molecule has 0 bridgehead atoms. The summed E-state index contributed by atoms with van der Waals surface area (Å²) in [4.78, 5) is 37.7. The molecular weight excluding hydrogens is 510 g/mol. The van der Waals surface area contributed by atoms with Crippen molar-refractivity contribution in [3.8, 4) is 0 Å². The van der Waals surface area contributed by atoms with E-state index in [9.17, 15) is 9.59 Å². The highest BCUT2D eigenvalue weighted by Crippen LogP contribution is 2.40. The normalized spacial score (nSPS) is 20.5. The summed E-state index contributed by atoms with van der Waals surface area (Å²) < 4.78 is 0. The van der Waals surface area contributed by atoms with Gasteiger partial charge in [0.15, 0.2) is 0 Å². The van der Waals surface area contributed by atoms with E-state index in [1.54, 1.807) is 11.9 Å². The number of likely N-dealkylation sites (tertiary alicyclic amines) is 1. The molecule has 6 rings (SSSR count). The number of carbonyl (C=O) groups excluding carboxylic acids is 2. The lowest BCUT2D eigenvalue weighted by Crippen LogP contribution is -2.56. The third-order valence-electron chi connectivity index (χ3n) is 9.31. The fourth-order valence-electron chi connectivity index (χ4n) is 6.91. The molecule has 0 radical (unpaired) electrons. The van der Waals surface area contributed by atoms with E-state index in [1.807, 2.05) is 59.5 Å². The van der Waals surface area contributed by atoms with Crippen LogP contribution in [0.3, 0.4) is 0 Å². The van der Waals surface area contributed by atoms with Crippen molar-refractivity contribution < 1.29 is 9.59 Å². The summed E-state index contributed by atoms with van der Waals surface area (Å²) >= 11 is 0. The summed E-state index contributed by atoms with van der Waals surface area (Å²) in [5, 5.41) is 0. The number of para-hydroxylation sites is 2. The Bertz CT molecular complexity index is 1330. The third kappa shape index (κ3) is 5.55. The number of nitrogens with zero attached hydrogens (tertiary/aromatic N) is 5. The van der Waals surface area contributed by atoms with Crippen LogP contribution >= 0.6 is 0 Å². The SMILES string of the molecule is CN1C(=O)N(C(=O)N2CCC(CN(C)C3CCN(c4ccccc4)CC3)CC2)C(c2ccccc2)c2ccccc21. The van der Waals surface area contributed by atoms with Crippen molar-refractivity contribution in [2.45, 2.75) is 37.8 Å². The molecule has 3 aliphatic rings. The summed E-state index contributed by atoms with van der Waals surface area (Å²) in [6, 6.07) is 28.2. The van der Waals surface area contributed by atoms with Crippen molar-refractivity contribution >= 4 is 23.4 Å². The van der Waals surface area contributed by atoms with E-state index < -0.39 is 6.04 Å². The van der Waals surface area contributed by atoms with Crippen molar-refractivity contribution in [1.82, 2.24) is 14.7 Å². The Morgan fingerprint density at radius 2 is 1.41 bits per heavy atom. The van der Waals surface area contributed by atoms with E-state index in [0.29, 0.717) is 25.0 Å². The number of anilines is 2. The Hall–Kier alpha value is -3.84. The number of hydrogen-bond acceptors (Lipinski definition) is 4. The van der Waals surface area contributed by atoms with Gasteiger partial charge < -0.3 is 14.7 Å². The fourth-order valence-corrected chi connectivity index (χ4v) is 6.91. The van der Waals surface area contributed by atoms with Gasteiger partial charge in [-0.05, 0) is 62.4 Å². The van der Waals surface area contributed by atoms with Crippen molar-refractivity contribution in [3.05, 3.63) is 96.1 Å². The standard InChI is InChI=1S/C34H41N5O2/c1-35(28-19-23-37(24-20-28)29-13-7-4-8-14-29)25-26-17-21-38(22-18-26)34(41)39-32(27-11-5-3-6-12-27)30-15-9-10-16-31(30)36(2)33(39)40/h3-16,26,28,32H,17-25H2,1-2H3. The minimum atomic E-state index is -0.436. The predicted octanol–water partition coefficient (Wildman–Crippen LogP) is 6.08. The summed E-state index contributed by atoms with van der Waals surface area (Å²) in [5.74, 6) is 0.557. The third-order valence-corrected chi connectivity index (χ3v) is 9.31. The number of piperidine rings is 2. The largest absolute Gasteiger partial charge is 0.371 e. The Kier molecular flexibility index (Phi) is 7.97. The minimum absolute atomic E-state index is 0.190. The van der Waals surface area contributed by atoms with E-state index in [1.165, 1.54) is 23.4 Å². The molecule has 4 amide bonds. The molecule has 7 nitrogen and oxygen atoms in total. The van der Waals surface area contributed by atoms with Crippen molar-refractivity contribution in [3.63, 3.8) is 0 Å². The minimum Gasteiger partial charge on any atom is -0.371 e. The van der Waals surface area contributed by atoms with E-state index >= 15 is 0 Å². The Labute approximate surface area is 243 Å². The summed E-state index contributed by atoms with van der Waals surface area (Å²) in [5.41, 5.74) is 4.10. The van der Waals surface area contributed by atoms with Gasteiger partial charge in [-0.25, -0.2) is 14.5 Å². The van der Waals surface area contributed by atoms with E-state index in [-0.39, 0.29) is 12.1 Å². The zero-order valence-electron chi connectivity index (χ0n) is 24.2. The maximum atomic E-state index is 14.0. The van der Waals surface area contributed by atoms with Gasteiger partial charge in [-0.3, -0.25) is 4.90 Å². The van der Waals surface area contributed by atoms with Crippen LogP contribution in [0.5, 0.6) is 0 Å². The lowest BCUT2D eigenvalue weighted by atomic mass is 9.92. The fraction of sp³-hybridized carbons (Fsp3) is 0.412. The number of fused-ring (bicyclic) bond motifs is 1. The van der Waals surface area contributed by atoms with Crippen LogP contribution < -0.4 is 9.80 Å². The number of amides is 4. The molecule has 0 aromatic heterocycles. The molecule has 41 heavy (non-hydrogen) atoms. The first-order valence-electron chi connectivity index (χ1n) is 15.0. The first-order valence-corrected chi connectivity index (χ1v) is 15.0. The van der Waals surface area contributed by atoms with Gasteiger partial charge in [0.2, 0.25) is 0 Å². The molecule has 3 aromatic carbocycles. The maximum absolute atomic E-state index is 14.0. The molecule has 3 aromatic rings. The van der Waals surface area contributed by atoms with Crippen LogP contribution in [-0.2, 0) is 0 Å². The highest BCUT2D eigenvalue weighted by Gasteiger charge is 2.43. The van der Waals surface area contributed by atoms with Gasteiger partial charge in [-0.2, -0.15) is 0 Å². The molecule has 1 atom stereocenters. The number of benzene rings is 3. The molecule has 0 aliphatic carbocycles. The van der Waals surface area contributed by atoms with Crippen LogP contribution in [0.25, 0.3) is 0 Å². The van der Waals surface area contributed by atoms with Gasteiger partial charge in [0.05, 0.1) is 11.7 Å². The second kappa shape index (κ2) is 12.0. The zero-order valence-corrected chi connectivity index (χ0v) is 24.2. The predicted molar refractivity (Wildman–Crippen MR) is 164 cm³/mol. The van der Waals surface area contributed by atoms with Crippen LogP contribution in [0.4, 0.5) is 21.0 Å². The van der Waals surface area contributed by atoms with Gasteiger partial charge in [-0.1, -0.05) is 66.7 Å². The zero-order chi connectivity index (χ0) is 28.3. The number of hydrogen-bond donors (Lipinski definition) is 0. The average Bonchev–Trinajstić information content (AvgIpc) is 3.03. The highest BCUT2D eigenvalue weighted by atomic mass is 16.2. The molecule has 3 heterocycles. The van der Waals surface area contributed by atoms with Crippen molar-refractivity contribution in [2.75, 3.05) is 56.6 Å². The van der Waals surface area contributed by atoms with Crippen molar-refractivity contribution in [1.29, 1.82) is 0 Å². The van der Waals surface area contributed by atoms with E-state index in [0.717, 1.165) is 49.3 Å². The Morgan fingerprint density at radius 3 is 2.10 bits per heavy atom. The lowest BCUT2D eigenvalue weighted by molar-refractivity contribution is 0.111.